The molecule has 0 aliphatic rings. The third-order valence-electron chi connectivity index (χ3n) is 3.12. The zero-order valence-electron chi connectivity index (χ0n) is 12.3. The number of methoxy groups -OCH3 is 1. The number of nitrogens with zero attached hydrogens (tertiary/aromatic N) is 2. The fourth-order valence-corrected chi connectivity index (χ4v) is 1.85. The molecule has 5 heteroatoms. The number of benzene rings is 1. The van der Waals surface area contributed by atoms with Gasteiger partial charge < -0.3 is 10.1 Å². The molecule has 110 valence electrons. The van der Waals surface area contributed by atoms with Crippen LogP contribution >= 0.6 is 0 Å². The minimum Gasteiger partial charge on any atom is -0.497 e. The van der Waals surface area contributed by atoms with Gasteiger partial charge in [-0.2, -0.15) is 10.2 Å². The van der Waals surface area contributed by atoms with Crippen LogP contribution in [0.1, 0.15) is 23.4 Å². The predicted molar refractivity (Wildman–Crippen MR) is 79.9 cm³/mol. The Morgan fingerprint density at radius 1 is 1.14 bits per heavy atom. The highest BCUT2D eigenvalue weighted by atomic mass is 16.5. The van der Waals surface area contributed by atoms with Crippen LogP contribution in [0.2, 0.25) is 0 Å². The largest absolute Gasteiger partial charge is 0.497 e. The van der Waals surface area contributed by atoms with Gasteiger partial charge in [-0.3, -0.25) is 4.79 Å². The lowest BCUT2D eigenvalue weighted by molar-refractivity contribution is -0.121. The molecule has 21 heavy (non-hydrogen) atoms. The zero-order chi connectivity index (χ0) is 15.1. The smallest absolute Gasteiger partial charge is 0.220 e. The normalized spacial score (nSPS) is 10.2. The van der Waals surface area contributed by atoms with Crippen molar-refractivity contribution in [2.75, 3.05) is 7.11 Å². The molecule has 2 rings (SSSR count). The lowest BCUT2D eigenvalue weighted by atomic mass is 10.1. The number of aryl methyl sites for hydroxylation is 2. The summed E-state index contributed by atoms with van der Waals surface area (Å²) >= 11 is 0. The Morgan fingerprint density at radius 3 is 2.52 bits per heavy atom. The van der Waals surface area contributed by atoms with E-state index in [0.717, 1.165) is 22.7 Å². The van der Waals surface area contributed by atoms with Crippen molar-refractivity contribution in [1.29, 1.82) is 0 Å². The molecule has 0 radical (unpaired) electrons. The summed E-state index contributed by atoms with van der Waals surface area (Å²) in [5.74, 6) is 0.828. The van der Waals surface area contributed by atoms with Crippen LogP contribution < -0.4 is 10.1 Å². The Bertz CT molecular complexity index is 579. The van der Waals surface area contributed by atoms with Gasteiger partial charge in [0, 0.05) is 6.42 Å². The van der Waals surface area contributed by atoms with Crippen molar-refractivity contribution in [2.24, 2.45) is 0 Å². The highest BCUT2D eigenvalue weighted by Crippen LogP contribution is 2.12. The monoisotopic (exact) mass is 285 g/mol. The third-order valence-corrected chi connectivity index (χ3v) is 3.12. The molecule has 0 unspecified atom stereocenters. The average molecular weight is 285 g/mol. The van der Waals surface area contributed by atoms with E-state index >= 15 is 0 Å². The van der Waals surface area contributed by atoms with Crippen molar-refractivity contribution in [3.63, 3.8) is 0 Å². The number of carbonyl (C=O) groups is 1. The van der Waals surface area contributed by atoms with Crippen molar-refractivity contribution in [3.8, 4) is 5.75 Å². The summed E-state index contributed by atoms with van der Waals surface area (Å²) in [6, 6.07) is 11.5. The summed E-state index contributed by atoms with van der Waals surface area (Å²) in [7, 11) is 1.64. The quantitative estimate of drug-likeness (QED) is 0.882. The first-order chi connectivity index (χ1) is 10.2. The van der Waals surface area contributed by atoms with Gasteiger partial charge in [0.15, 0.2) is 0 Å². The van der Waals surface area contributed by atoms with Crippen molar-refractivity contribution >= 4 is 5.91 Å². The van der Waals surface area contributed by atoms with Crippen LogP contribution in [0, 0.1) is 6.92 Å². The molecular formula is C16H19N3O2. The minimum atomic E-state index is 0.00759. The average Bonchev–Trinajstić information content (AvgIpc) is 2.53. The molecule has 0 aliphatic heterocycles. The lowest BCUT2D eigenvalue weighted by Gasteiger charge is -2.05. The summed E-state index contributed by atoms with van der Waals surface area (Å²) in [4.78, 5) is 11.8. The maximum Gasteiger partial charge on any atom is 0.220 e. The van der Waals surface area contributed by atoms with Crippen LogP contribution in [0.5, 0.6) is 5.75 Å². The second-order valence-corrected chi connectivity index (χ2v) is 4.79. The molecule has 1 amide bonds. The Morgan fingerprint density at radius 2 is 1.90 bits per heavy atom. The lowest BCUT2D eigenvalue weighted by Crippen LogP contribution is -2.23. The molecule has 0 bridgehead atoms. The number of hydrogen-bond donors (Lipinski definition) is 1. The number of nitrogens with one attached hydrogen (secondary N) is 1. The molecule has 1 aromatic carbocycles. The van der Waals surface area contributed by atoms with E-state index in [1.807, 2.05) is 43.3 Å². The first-order valence-corrected chi connectivity index (χ1v) is 6.86. The third kappa shape index (κ3) is 4.87. The SMILES string of the molecule is COc1ccc(CCC(=O)NCc2ccc(C)nn2)cc1. The molecule has 0 aliphatic carbocycles. The van der Waals surface area contributed by atoms with E-state index in [9.17, 15) is 4.79 Å². The van der Waals surface area contributed by atoms with E-state index < -0.39 is 0 Å². The maximum absolute atomic E-state index is 11.8. The van der Waals surface area contributed by atoms with Gasteiger partial charge in [-0.15, -0.1) is 0 Å². The Kier molecular flexibility index (Phi) is 5.26. The molecular weight excluding hydrogens is 266 g/mol. The van der Waals surface area contributed by atoms with E-state index in [-0.39, 0.29) is 5.91 Å². The van der Waals surface area contributed by atoms with Gasteiger partial charge in [-0.1, -0.05) is 12.1 Å². The van der Waals surface area contributed by atoms with Gasteiger partial charge in [-0.05, 0) is 43.2 Å². The van der Waals surface area contributed by atoms with Gasteiger partial charge >= 0.3 is 0 Å². The number of hydrogen-bond acceptors (Lipinski definition) is 4. The molecule has 2 aromatic rings. The Labute approximate surface area is 124 Å². The Balaban J connectivity index is 1.75. The van der Waals surface area contributed by atoms with Gasteiger partial charge in [0.1, 0.15) is 5.75 Å². The summed E-state index contributed by atoms with van der Waals surface area (Å²) < 4.78 is 5.10. The van der Waals surface area contributed by atoms with Gasteiger partial charge in [0.05, 0.1) is 25.0 Å². The van der Waals surface area contributed by atoms with Crippen LogP contribution in [-0.2, 0) is 17.8 Å². The second-order valence-electron chi connectivity index (χ2n) is 4.79. The highest BCUT2D eigenvalue weighted by molar-refractivity contribution is 5.76. The number of aromatic nitrogens is 2. The first-order valence-electron chi connectivity index (χ1n) is 6.86. The van der Waals surface area contributed by atoms with Crippen LogP contribution in [0.3, 0.4) is 0 Å². The summed E-state index contributed by atoms with van der Waals surface area (Å²) in [6.45, 7) is 2.29. The van der Waals surface area contributed by atoms with Gasteiger partial charge in [-0.25, -0.2) is 0 Å². The van der Waals surface area contributed by atoms with Crippen molar-refractivity contribution in [1.82, 2.24) is 15.5 Å². The molecule has 0 fully saturated rings. The summed E-state index contributed by atoms with van der Waals surface area (Å²) in [5.41, 5.74) is 2.74. The van der Waals surface area contributed by atoms with Gasteiger partial charge in [0.2, 0.25) is 5.91 Å². The number of amides is 1. The molecule has 1 aromatic heterocycles. The standard InChI is InChI=1S/C16H19N3O2/c1-12-3-7-14(19-18-12)11-17-16(20)10-6-13-4-8-15(21-2)9-5-13/h3-5,7-9H,6,10-11H2,1-2H3,(H,17,20). The summed E-state index contributed by atoms with van der Waals surface area (Å²) in [5, 5.41) is 10.8. The van der Waals surface area contributed by atoms with Crippen LogP contribution in [0.15, 0.2) is 36.4 Å². The molecule has 5 nitrogen and oxygen atoms in total. The minimum absolute atomic E-state index is 0.00759. The molecule has 0 saturated heterocycles. The number of rotatable bonds is 6. The van der Waals surface area contributed by atoms with E-state index in [0.29, 0.717) is 19.4 Å². The maximum atomic E-state index is 11.8. The number of carbonyl (C=O) groups excluding carboxylic acids is 1. The fraction of sp³-hybridized carbons (Fsp3) is 0.312. The fourth-order valence-electron chi connectivity index (χ4n) is 1.85. The van der Waals surface area contributed by atoms with Crippen molar-refractivity contribution in [2.45, 2.75) is 26.3 Å². The molecule has 0 atom stereocenters. The van der Waals surface area contributed by atoms with E-state index in [4.69, 9.17) is 4.74 Å². The van der Waals surface area contributed by atoms with Crippen molar-refractivity contribution in [3.05, 3.63) is 53.3 Å². The summed E-state index contributed by atoms with van der Waals surface area (Å²) in [6.07, 6.45) is 1.15. The second kappa shape index (κ2) is 7.38. The molecule has 0 saturated carbocycles. The van der Waals surface area contributed by atoms with E-state index in [2.05, 4.69) is 15.5 Å². The van der Waals surface area contributed by atoms with Crippen LogP contribution in [0.4, 0.5) is 0 Å². The zero-order valence-corrected chi connectivity index (χ0v) is 12.3. The first kappa shape index (κ1) is 15.0. The van der Waals surface area contributed by atoms with Crippen LogP contribution in [-0.4, -0.2) is 23.2 Å². The van der Waals surface area contributed by atoms with Crippen molar-refractivity contribution < 1.29 is 9.53 Å². The van der Waals surface area contributed by atoms with E-state index in [1.54, 1.807) is 7.11 Å². The molecule has 1 heterocycles. The highest BCUT2D eigenvalue weighted by Gasteiger charge is 2.03. The Hall–Kier alpha value is -2.43. The van der Waals surface area contributed by atoms with E-state index in [1.165, 1.54) is 0 Å². The van der Waals surface area contributed by atoms with Crippen LogP contribution in [0.25, 0.3) is 0 Å². The molecule has 0 spiro atoms. The molecule has 1 N–H and O–H groups in total. The topological polar surface area (TPSA) is 64.1 Å². The van der Waals surface area contributed by atoms with Gasteiger partial charge in [0.25, 0.3) is 0 Å². The predicted octanol–water partition coefficient (Wildman–Crippen LogP) is 2.04. The number of ether oxygens (including phenoxy) is 1.